The third-order valence-corrected chi connectivity index (χ3v) is 6.43. The van der Waals surface area contributed by atoms with Crippen molar-refractivity contribution in [2.45, 2.75) is 44.9 Å². The lowest BCUT2D eigenvalue weighted by Gasteiger charge is -2.36. The molecule has 2 aromatic heterocycles. The Morgan fingerprint density at radius 1 is 1.16 bits per heavy atom. The van der Waals surface area contributed by atoms with Gasteiger partial charge in [-0.3, -0.25) is 9.69 Å². The molecule has 162 valence electrons. The van der Waals surface area contributed by atoms with Crippen molar-refractivity contribution in [3.63, 3.8) is 0 Å². The smallest absolute Gasteiger partial charge is 0.267 e. The molecule has 0 bridgehead atoms. The summed E-state index contributed by atoms with van der Waals surface area (Å²) < 4.78 is 7.08. The van der Waals surface area contributed by atoms with Crippen LogP contribution in [0.25, 0.3) is 10.8 Å². The van der Waals surface area contributed by atoms with Crippen molar-refractivity contribution < 1.29 is 4.74 Å². The van der Waals surface area contributed by atoms with E-state index < -0.39 is 0 Å². The molecule has 7 nitrogen and oxygen atoms in total. The summed E-state index contributed by atoms with van der Waals surface area (Å²) in [6.07, 6.45) is 6.24. The lowest BCUT2D eigenvalue weighted by molar-refractivity contribution is 0.107. The molecule has 5 rings (SSSR count). The standard InChI is InChI=1S/C24H29N5O2/c30-23-15-19-17-31-14-9-22(19)27-29(23)13-12-28-11-4-3-6-20(28)16-26-24-21-7-2-1-5-18(21)8-10-25-24/h1-2,5,7-8,10,15,20H,3-4,6,9,11-14,16-17H2,(H,25,26). The number of hydrogen-bond acceptors (Lipinski definition) is 6. The number of likely N-dealkylation sites (tertiary alicyclic amines) is 1. The number of nitrogens with zero attached hydrogens (tertiary/aromatic N) is 4. The molecular weight excluding hydrogens is 390 g/mol. The number of aromatic nitrogens is 3. The zero-order valence-electron chi connectivity index (χ0n) is 17.8. The van der Waals surface area contributed by atoms with Crippen LogP contribution in [-0.4, -0.2) is 51.9 Å². The molecule has 3 aromatic rings. The van der Waals surface area contributed by atoms with E-state index in [1.54, 1.807) is 10.7 Å². The lowest BCUT2D eigenvalue weighted by Crippen LogP contribution is -2.46. The SMILES string of the molecule is O=c1cc2c(nn1CCN1CCCCC1CNc1nccc3ccccc13)CCOC2. The highest BCUT2D eigenvalue weighted by molar-refractivity contribution is 5.91. The van der Waals surface area contributed by atoms with E-state index in [-0.39, 0.29) is 5.56 Å². The Kier molecular flexibility index (Phi) is 5.95. The first-order valence-electron chi connectivity index (χ1n) is 11.3. The molecule has 0 radical (unpaired) electrons. The Labute approximate surface area is 182 Å². The fraction of sp³-hybridized carbons (Fsp3) is 0.458. The minimum Gasteiger partial charge on any atom is -0.376 e. The second-order valence-corrected chi connectivity index (χ2v) is 8.43. The summed E-state index contributed by atoms with van der Waals surface area (Å²) >= 11 is 0. The van der Waals surface area contributed by atoms with Crippen molar-refractivity contribution in [1.29, 1.82) is 0 Å². The highest BCUT2D eigenvalue weighted by atomic mass is 16.5. The van der Waals surface area contributed by atoms with Crippen LogP contribution in [0.4, 0.5) is 5.82 Å². The molecule has 1 N–H and O–H groups in total. The van der Waals surface area contributed by atoms with Crippen LogP contribution in [0.15, 0.2) is 47.4 Å². The first kappa shape index (κ1) is 20.2. The van der Waals surface area contributed by atoms with E-state index in [2.05, 4.69) is 44.6 Å². The number of fused-ring (bicyclic) bond motifs is 2. The normalized spacial score (nSPS) is 19.3. The number of nitrogens with one attached hydrogen (secondary N) is 1. The van der Waals surface area contributed by atoms with Crippen molar-refractivity contribution in [2.75, 3.05) is 31.6 Å². The van der Waals surface area contributed by atoms with Gasteiger partial charge in [-0.05, 0) is 30.8 Å². The van der Waals surface area contributed by atoms with E-state index in [4.69, 9.17) is 4.74 Å². The average Bonchev–Trinajstić information content (AvgIpc) is 2.82. The first-order chi connectivity index (χ1) is 15.3. The van der Waals surface area contributed by atoms with Crippen molar-refractivity contribution in [2.24, 2.45) is 0 Å². The van der Waals surface area contributed by atoms with Gasteiger partial charge in [-0.1, -0.05) is 30.7 Å². The number of pyridine rings is 1. The summed E-state index contributed by atoms with van der Waals surface area (Å²) in [6.45, 7) is 4.54. The van der Waals surface area contributed by atoms with Crippen molar-refractivity contribution in [3.05, 3.63) is 64.2 Å². The van der Waals surface area contributed by atoms with Gasteiger partial charge in [-0.25, -0.2) is 9.67 Å². The number of anilines is 1. The van der Waals surface area contributed by atoms with Crippen molar-refractivity contribution >= 4 is 16.6 Å². The highest BCUT2D eigenvalue weighted by Crippen LogP contribution is 2.22. The third-order valence-electron chi connectivity index (χ3n) is 6.43. The molecule has 1 saturated heterocycles. The average molecular weight is 420 g/mol. The molecule has 1 fully saturated rings. The van der Waals surface area contributed by atoms with E-state index >= 15 is 0 Å². The second-order valence-electron chi connectivity index (χ2n) is 8.43. The molecule has 0 aliphatic carbocycles. The fourth-order valence-electron chi connectivity index (χ4n) is 4.70. The third kappa shape index (κ3) is 4.48. The molecule has 7 heteroatoms. The van der Waals surface area contributed by atoms with E-state index in [1.165, 1.54) is 18.2 Å². The zero-order valence-corrected chi connectivity index (χ0v) is 17.8. The van der Waals surface area contributed by atoms with Gasteiger partial charge in [0.2, 0.25) is 0 Å². The van der Waals surface area contributed by atoms with Gasteiger partial charge in [0.15, 0.2) is 0 Å². The minimum atomic E-state index is -0.0316. The van der Waals surface area contributed by atoms with E-state index in [0.29, 0.717) is 25.8 Å². The van der Waals surface area contributed by atoms with Crippen LogP contribution in [-0.2, 0) is 24.3 Å². The minimum absolute atomic E-state index is 0.0316. The summed E-state index contributed by atoms with van der Waals surface area (Å²) in [5, 5.41) is 10.6. The summed E-state index contributed by atoms with van der Waals surface area (Å²) in [6, 6.07) is 12.5. The van der Waals surface area contributed by atoms with Gasteiger partial charge in [-0.2, -0.15) is 5.10 Å². The Hall–Kier alpha value is -2.77. The number of benzene rings is 1. The molecule has 2 aliphatic rings. The predicted octanol–water partition coefficient (Wildman–Crippen LogP) is 2.83. The van der Waals surface area contributed by atoms with Gasteiger partial charge in [0, 0.05) is 48.8 Å². The largest absolute Gasteiger partial charge is 0.376 e. The molecular formula is C24H29N5O2. The van der Waals surface area contributed by atoms with Gasteiger partial charge in [0.25, 0.3) is 5.56 Å². The molecule has 1 unspecified atom stereocenters. The van der Waals surface area contributed by atoms with Crippen LogP contribution < -0.4 is 10.9 Å². The number of ether oxygens (including phenoxy) is 1. The summed E-state index contributed by atoms with van der Waals surface area (Å²) in [5.41, 5.74) is 1.91. The maximum atomic E-state index is 12.5. The lowest BCUT2D eigenvalue weighted by atomic mass is 10.0. The van der Waals surface area contributed by atoms with E-state index in [0.717, 1.165) is 54.9 Å². The molecule has 31 heavy (non-hydrogen) atoms. The summed E-state index contributed by atoms with van der Waals surface area (Å²) in [5.74, 6) is 0.943. The quantitative estimate of drug-likeness (QED) is 0.662. The predicted molar refractivity (Wildman–Crippen MR) is 121 cm³/mol. The number of piperidine rings is 1. The first-order valence-corrected chi connectivity index (χ1v) is 11.3. The maximum Gasteiger partial charge on any atom is 0.267 e. The van der Waals surface area contributed by atoms with Gasteiger partial charge < -0.3 is 10.1 Å². The highest BCUT2D eigenvalue weighted by Gasteiger charge is 2.23. The molecule has 0 spiro atoms. The Morgan fingerprint density at radius 2 is 2.10 bits per heavy atom. The van der Waals surface area contributed by atoms with Gasteiger partial charge in [0.1, 0.15) is 5.82 Å². The van der Waals surface area contributed by atoms with Gasteiger partial charge in [0.05, 0.1) is 25.5 Å². The molecule has 2 aliphatic heterocycles. The van der Waals surface area contributed by atoms with Crippen molar-refractivity contribution in [1.82, 2.24) is 19.7 Å². The van der Waals surface area contributed by atoms with E-state index in [1.807, 2.05) is 12.3 Å². The van der Waals surface area contributed by atoms with Crippen LogP contribution >= 0.6 is 0 Å². The van der Waals surface area contributed by atoms with Crippen LogP contribution in [0.1, 0.15) is 30.5 Å². The van der Waals surface area contributed by atoms with E-state index in [9.17, 15) is 4.79 Å². The Morgan fingerprint density at radius 3 is 3.06 bits per heavy atom. The maximum absolute atomic E-state index is 12.5. The monoisotopic (exact) mass is 419 g/mol. The molecule has 1 aromatic carbocycles. The molecule has 4 heterocycles. The Bertz CT molecular complexity index is 1110. The molecule has 0 saturated carbocycles. The molecule has 0 amide bonds. The van der Waals surface area contributed by atoms with Crippen LogP contribution in [0.2, 0.25) is 0 Å². The molecule has 1 atom stereocenters. The summed E-state index contributed by atoms with van der Waals surface area (Å²) in [4.78, 5) is 19.6. The topological polar surface area (TPSA) is 72.3 Å². The fourth-order valence-corrected chi connectivity index (χ4v) is 4.70. The number of rotatable bonds is 6. The van der Waals surface area contributed by atoms with Gasteiger partial charge in [-0.15, -0.1) is 0 Å². The zero-order chi connectivity index (χ0) is 21.0. The Balaban J connectivity index is 1.25. The summed E-state index contributed by atoms with van der Waals surface area (Å²) in [7, 11) is 0. The second kappa shape index (κ2) is 9.16. The van der Waals surface area contributed by atoms with Crippen LogP contribution in [0.3, 0.4) is 0 Å². The number of hydrogen-bond donors (Lipinski definition) is 1. The van der Waals surface area contributed by atoms with Gasteiger partial charge >= 0.3 is 0 Å². The van der Waals surface area contributed by atoms with Crippen molar-refractivity contribution in [3.8, 4) is 0 Å². The van der Waals surface area contributed by atoms with Crippen LogP contribution in [0.5, 0.6) is 0 Å². The van der Waals surface area contributed by atoms with Crippen LogP contribution in [0, 0.1) is 0 Å².